The van der Waals surface area contributed by atoms with Crippen LogP contribution in [0.25, 0.3) is 0 Å². The second-order valence-corrected chi connectivity index (χ2v) is 10.8. The zero-order chi connectivity index (χ0) is 26.5. The summed E-state index contributed by atoms with van der Waals surface area (Å²) in [5.41, 5.74) is 0.0948. The SMILES string of the molecule is CC(C)(C)OC(=O)N1Cc2cccc(OC(C)(C)C)c2OC(=O)CCNC(=O)[C@@H]1Cc1ccccc1. The van der Waals surface area contributed by atoms with Gasteiger partial charge in [-0.1, -0.05) is 42.5 Å². The summed E-state index contributed by atoms with van der Waals surface area (Å²) in [5.74, 6) is -0.260. The van der Waals surface area contributed by atoms with Gasteiger partial charge in [0.05, 0.1) is 13.0 Å². The molecule has 0 saturated heterocycles. The Bertz CT molecular complexity index is 1090. The molecule has 1 atom stereocenters. The van der Waals surface area contributed by atoms with Crippen LogP contribution in [-0.2, 0) is 27.3 Å². The van der Waals surface area contributed by atoms with Crippen LogP contribution in [-0.4, -0.2) is 46.7 Å². The van der Waals surface area contributed by atoms with Gasteiger partial charge in [-0.2, -0.15) is 0 Å². The third-order valence-electron chi connectivity index (χ3n) is 5.24. The molecule has 0 saturated carbocycles. The fourth-order valence-corrected chi connectivity index (χ4v) is 3.77. The van der Waals surface area contributed by atoms with Crippen LogP contribution < -0.4 is 14.8 Å². The number of fused-ring (bicyclic) bond motifs is 1. The van der Waals surface area contributed by atoms with Gasteiger partial charge in [-0.05, 0) is 53.2 Å². The van der Waals surface area contributed by atoms with Gasteiger partial charge >= 0.3 is 12.1 Å². The fraction of sp³-hybridized carbons (Fsp3) is 0.464. The largest absolute Gasteiger partial charge is 0.484 e. The van der Waals surface area contributed by atoms with Crippen LogP contribution in [0.3, 0.4) is 0 Å². The number of carbonyl (C=O) groups is 3. The molecule has 36 heavy (non-hydrogen) atoms. The molecule has 1 N–H and O–H groups in total. The molecule has 0 bridgehead atoms. The molecule has 1 aliphatic rings. The van der Waals surface area contributed by atoms with Crippen molar-refractivity contribution in [2.75, 3.05) is 6.54 Å². The number of hydrogen-bond donors (Lipinski definition) is 1. The molecular formula is C28H36N2O6. The first-order valence-electron chi connectivity index (χ1n) is 12.2. The topological polar surface area (TPSA) is 94.2 Å². The Kier molecular flexibility index (Phi) is 8.28. The molecule has 0 aliphatic carbocycles. The molecule has 0 radical (unpaired) electrons. The van der Waals surface area contributed by atoms with Crippen LogP contribution >= 0.6 is 0 Å². The number of amides is 2. The van der Waals surface area contributed by atoms with Crippen molar-refractivity contribution in [3.8, 4) is 11.5 Å². The van der Waals surface area contributed by atoms with E-state index in [0.717, 1.165) is 5.56 Å². The first-order valence-corrected chi connectivity index (χ1v) is 12.2. The van der Waals surface area contributed by atoms with Crippen molar-refractivity contribution < 1.29 is 28.6 Å². The van der Waals surface area contributed by atoms with E-state index in [1.165, 1.54) is 4.90 Å². The predicted molar refractivity (Wildman–Crippen MR) is 136 cm³/mol. The minimum absolute atomic E-state index is 0.0240. The third kappa shape index (κ3) is 7.73. The van der Waals surface area contributed by atoms with E-state index in [1.807, 2.05) is 51.1 Å². The van der Waals surface area contributed by atoms with E-state index in [9.17, 15) is 14.4 Å². The second-order valence-electron chi connectivity index (χ2n) is 10.8. The van der Waals surface area contributed by atoms with Crippen molar-refractivity contribution in [1.29, 1.82) is 0 Å². The van der Waals surface area contributed by atoms with Gasteiger partial charge < -0.3 is 19.5 Å². The van der Waals surface area contributed by atoms with Gasteiger partial charge in [0.15, 0.2) is 11.5 Å². The Morgan fingerprint density at radius 1 is 1.00 bits per heavy atom. The Balaban J connectivity index is 2.12. The van der Waals surface area contributed by atoms with Crippen molar-refractivity contribution in [2.24, 2.45) is 0 Å². The predicted octanol–water partition coefficient (Wildman–Crippen LogP) is 4.64. The molecule has 194 valence electrons. The van der Waals surface area contributed by atoms with Crippen LogP contribution in [0.4, 0.5) is 4.79 Å². The van der Waals surface area contributed by atoms with Gasteiger partial charge in [0, 0.05) is 18.5 Å². The number of benzene rings is 2. The molecule has 0 spiro atoms. The van der Waals surface area contributed by atoms with Crippen molar-refractivity contribution in [2.45, 2.75) is 78.2 Å². The highest BCUT2D eigenvalue weighted by Crippen LogP contribution is 2.36. The summed E-state index contributed by atoms with van der Waals surface area (Å²) < 4.78 is 17.5. The maximum Gasteiger partial charge on any atom is 0.411 e. The van der Waals surface area contributed by atoms with E-state index < -0.39 is 29.3 Å². The zero-order valence-electron chi connectivity index (χ0n) is 21.9. The van der Waals surface area contributed by atoms with Crippen LogP contribution in [0.15, 0.2) is 48.5 Å². The molecule has 8 nitrogen and oxygen atoms in total. The smallest absolute Gasteiger partial charge is 0.411 e. The lowest BCUT2D eigenvalue weighted by Gasteiger charge is -2.33. The number of rotatable bonds is 3. The normalized spacial score (nSPS) is 17.3. The van der Waals surface area contributed by atoms with Gasteiger partial charge in [0.25, 0.3) is 0 Å². The maximum absolute atomic E-state index is 13.5. The summed E-state index contributed by atoms with van der Waals surface area (Å²) in [6.45, 7) is 11.0. The van der Waals surface area contributed by atoms with Gasteiger partial charge in [-0.3, -0.25) is 14.5 Å². The molecule has 0 aromatic heterocycles. The first-order chi connectivity index (χ1) is 16.8. The number of para-hydroxylation sites is 1. The summed E-state index contributed by atoms with van der Waals surface area (Å²) in [6, 6.07) is 13.8. The number of esters is 1. The van der Waals surface area contributed by atoms with Crippen LogP contribution in [0.5, 0.6) is 11.5 Å². The highest BCUT2D eigenvalue weighted by Gasteiger charge is 2.35. The van der Waals surface area contributed by atoms with Crippen molar-refractivity contribution in [1.82, 2.24) is 10.2 Å². The van der Waals surface area contributed by atoms with Crippen molar-refractivity contribution in [3.05, 3.63) is 59.7 Å². The number of carbonyl (C=O) groups excluding carboxylic acids is 3. The van der Waals surface area contributed by atoms with Crippen LogP contribution in [0.1, 0.15) is 59.1 Å². The average molecular weight is 497 g/mol. The Hall–Kier alpha value is -3.55. The minimum atomic E-state index is -0.879. The molecule has 2 amide bonds. The van der Waals surface area contributed by atoms with E-state index in [4.69, 9.17) is 14.2 Å². The maximum atomic E-state index is 13.5. The molecular weight excluding hydrogens is 460 g/mol. The van der Waals surface area contributed by atoms with Crippen molar-refractivity contribution >= 4 is 18.0 Å². The Morgan fingerprint density at radius 2 is 1.69 bits per heavy atom. The summed E-state index contributed by atoms with van der Waals surface area (Å²) in [5, 5.41) is 2.79. The van der Waals surface area contributed by atoms with E-state index in [-0.39, 0.29) is 37.6 Å². The van der Waals surface area contributed by atoms with E-state index >= 15 is 0 Å². The average Bonchev–Trinajstić information content (AvgIpc) is 2.78. The fourth-order valence-electron chi connectivity index (χ4n) is 3.77. The minimum Gasteiger partial charge on any atom is -0.484 e. The van der Waals surface area contributed by atoms with Crippen LogP contribution in [0, 0.1) is 0 Å². The van der Waals surface area contributed by atoms with Gasteiger partial charge in [-0.15, -0.1) is 0 Å². The molecule has 1 aliphatic heterocycles. The van der Waals surface area contributed by atoms with Gasteiger partial charge in [0.2, 0.25) is 5.91 Å². The first kappa shape index (κ1) is 27.0. The summed E-state index contributed by atoms with van der Waals surface area (Å²) in [6.07, 6.45) is -0.398. The summed E-state index contributed by atoms with van der Waals surface area (Å²) >= 11 is 0. The summed E-state index contributed by atoms with van der Waals surface area (Å²) in [4.78, 5) is 40.9. The summed E-state index contributed by atoms with van der Waals surface area (Å²) in [7, 11) is 0. The zero-order valence-corrected chi connectivity index (χ0v) is 21.9. The third-order valence-corrected chi connectivity index (χ3v) is 5.24. The molecule has 1 heterocycles. The molecule has 8 heteroatoms. The lowest BCUT2D eigenvalue weighted by molar-refractivity contribution is -0.134. The molecule has 0 unspecified atom stereocenters. The highest BCUT2D eigenvalue weighted by atomic mass is 16.6. The van der Waals surface area contributed by atoms with E-state index in [2.05, 4.69) is 5.32 Å². The number of nitrogens with zero attached hydrogens (tertiary/aromatic N) is 1. The monoisotopic (exact) mass is 496 g/mol. The molecule has 0 fully saturated rings. The molecule has 2 aromatic rings. The quantitative estimate of drug-likeness (QED) is 0.492. The number of ether oxygens (including phenoxy) is 3. The van der Waals surface area contributed by atoms with E-state index in [1.54, 1.807) is 39.0 Å². The number of nitrogens with one attached hydrogen (secondary N) is 1. The van der Waals surface area contributed by atoms with E-state index in [0.29, 0.717) is 11.3 Å². The van der Waals surface area contributed by atoms with Crippen molar-refractivity contribution in [3.63, 3.8) is 0 Å². The van der Waals surface area contributed by atoms with Crippen LogP contribution in [0.2, 0.25) is 0 Å². The second kappa shape index (κ2) is 11.0. The number of hydrogen-bond acceptors (Lipinski definition) is 6. The van der Waals surface area contributed by atoms with Gasteiger partial charge in [0.1, 0.15) is 17.2 Å². The van der Waals surface area contributed by atoms with Gasteiger partial charge in [-0.25, -0.2) is 4.79 Å². The Labute approximate surface area is 212 Å². The standard InChI is InChI=1S/C28H36N2O6/c1-27(2,3)35-22-14-10-13-20-18-30(26(33)36-28(4,5)6)21(17-19-11-8-7-9-12-19)25(32)29-16-15-23(31)34-24(20)22/h7-14,21H,15-18H2,1-6H3,(H,29,32)/t21-/m0/s1. The molecule has 2 aromatic carbocycles. The highest BCUT2D eigenvalue weighted by molar-refractivity contribution is 5.87. The Morgan fingerprint density at radius 3 is 2.33 bits per heavy atom. The lowest BCUT2D eigenvalue weighted by atomic mass is 10.0. The molecule has 3 rings (SSSR count). The lowest BCUT2D eigenvalue weighted by Crippen LogP contribution is -2.51.